The monoisotopic (exact) mass is 308 g/mol. The van der Waals surface area contributed by atoms with Crippen LogP contribution in [0.5, 0.6) is 0 Å². The molecule has 23 heavy (non-hydrogen) atoms. The summed E-state index contributed by atoms with van der Waals surface area (Å²) in [6.45, 7) is 0. The molecule has 0 unspecified atom stereocenters. The highest BCUT2D eigenvalue weighted by Crippen LogP contribution is 2.24. The first-order chi connectivity index (χ1) is 11.1. The first kappa shape index (κ1) is 15.2. The molecule has 1 amide bonds. The summed E-state index contributed by atoms with van der Waals surface area (Å²) in [5, 5.41) is 0. The molecule has 1 fully saturated rings. The van der Waals surface area contributed by atoms with Crippen molar-refractivity contribution in [3.8, 4) is 11.8 Å². The molecule has 0 aliphatic heterocycles. The molecule has 4 heteroatoms. The van der Waals surface area contributed by atoms with Crippen molar-refractivity contribution >= 4 is 5.91 Å². The van der Waals surface area contributed by atoms with Crippen LogP contribution in [0, 0.1) is 17.7 Å². The minimum Gasteiger partial charge on any atom is -0.337 e. The third kappa shape index (κ3) is 3.57. The quantitative estimate of drug-likeness (QED) is 0.798. The molecular formula is C19H17FN2O. The Hall–Kier alpha value is -2.67. The average molecular weight is 308 g/mol. The third-order valence-corrected chi connectivity index (χ3v) is 4.10. The maximum atomic E-state index is 13.1. The number of pyridine rings is 1. The molecule has 1 aliphatic rings. The Bertz CT molecular complexity index is 770. The number of hydrogen-bond acceptors (Lipinski definition) is 2. The van der Waals surface area contributed by atoms with Crippen molar-refractivity contribution in [2.75, 3.05) is 7.05 Å². The first-order valence-corrected chi connectivity index (χ1v) is 7.64. The zero-order valence-electron chi connectivity index (χ0n) is 12.9. The van der Waals surface area contributed by atoms with Crippen LogP contribution in [-0.4, -0.2) is 28.9 Å². The summed E-state index contributed by atoms with van der Waals surface area (Å²) in [6.07, 6.45) is 4.90. The van der Waals surface area contributed by atoms with Crippen molar-refractivity contribution in [2.45, 2.75) is 25.3 Å². The van der Waals surface area contributed by atoms with Gasteiger partial charge in [-0.2, -0.15) is 0 Å². The van der Waals surface area contributed by atoms with E-state index in [2.05, 4.69) is 16.8 Å². The van der Waals surface area contributed by atoms with Crippen molar-refractivity contribution in [1.29, 1.82) is 0 Å². The van der Waals surface area contributed by atoms with Crippen LogP contribution < -0.4 is 0 Å². The van der Waals surface area contributed by atoms with Gasteiger partial charge in [0, 0.05) is 30.4 Å². The summed E-state index contributed by atoms with van der Waals surface area (Å²) in [7, 11) is 1.82. The standard InChI is InChI=1S/C19H17FN2O/c1-22(17-6-3-7-17)19(23)18-11-10-15(13-21-18)9-8-14-4-2-5-16(20)12-14/h2,4-5,10-13,17H,3,6-7H2,1H3. The van der Waals surface area contributed by atoms with Gasteiger partial charge in [-0.15, -0.1) is 0 Å². The number of aromatic nitrogens is 1. The number of benzene rings is 1. The summed E-state index contributed by atoms with van der Waals surface area (Å²) in [5.41, 5.74) is 1.72. The Balaban J connectivity index is 1.71. The molecule has 3 nitrogen and oxygen atoms in total. The molecule has 1 aromatic carbocycles. The number of hydrogen-bond donors (Lipinski definition) is 0. The summed E-state index contributed by atoms with van der Waals surface area (Å²) in [4.78, 5) is 18.3. The molecule has 2 aromatic rings. The highest BCUT2D eigenvalue weighted by Gasteiger charge is 2.26. The van der Waals surface area contributed by atoms with Gasteiger partial charge in [-0.3, -0.25) is 4.79 Å². The molecule has 0 saturated heterocycles. The molecule has 1 heterocycles. The van der Waals surface area contributed by atoms with E-state index in [0.717, 1.165) is 12.8 Å². The summed E-state index contributed by atoms with van der Waals surface area (Å²) in [5.74, 6) is 5.44. The predicted octanol–water partition coefficient (Wildman–Crippen LogP) is 3.25. The van der Waals surface area contributed by atoms with Crippen molar-refractivity contribution in [2.24, 2.45) is 0 Å². The third-order valence-electron chi connectivity index (χ3n) is 4.10. The molecule has 116 valence electrons. The lowest BCUT2D eigenvalue weighted by molar-refractivity contribution is 0.0646. The molecule has 1 aliphatic carbocycles. The molecule has 0 N–H and O–H groups in total. The van der Waals surface area contributed by atoms with Gasteiger partial charge in [0.05, 0.1) is 0 Å². The van der Waals surface area contributed by atoms with Gasteiger partial charge in [0.1, 0.15) is 11.5 Å². The van der Waals surface area contributed by atoms with Crippen LogP contribution in [0.15, 0.2) is 42.6 Å². The van der Waals surface area contributed by atoms with Crippen LogP contribution >= 0.6 is 0 Å². The van der Waals surface area contributed by atoms with Crippen LogP contribution in [0.4, 0.5) is 4.39 Å². The van der Waals surface area contributed by atoms with E-state index in [0.29, 0.717) is 22.9 Å². The molecule has 1 saturated carbocycles. The van der Waals surface area contributed by atoms with Crippen molar-refractivity contribution in [3.05, 3.63) is 65.2 Å². The summed E-state index contributed by atoms with van der Waals surface area (Å²) in [6, 6.07) is 9.92. The molecule has 0 spiro atoms. The molecular weight excluding hydrogens is 291 g/mol. The normalized spacial score (nSPS) is 13.7. The Morgan fingerprint density at radius 1 is 1.22 bits per heavy atom. The minimum absolute atomic E-state index is 0.0562. The van der Waals surface area contributed by atoms with Crippen molar-refractivity contribution in [1.82, 2.24) is 9.88 Å². The fourth-order valence-electron chi connectivity index (χ4n) is 2.43. The van der Waals surface area contributed by atoms with Crippen LogP contribution in [0.1, 0.15) is 40.9 Å². The molecule has 0 atom stereocenters. The minimum atomic E-state index is -0.310. The van der Waals surface area contributed by atoms with Gasteiger partial charge in [-0.1, -0.05) is 17.9 Å². The fraction of sp³-hybridized carbons (Fsp3) is 0.263. The molecule has 3 rings (SSSR count). The van der Waals surface area contributed by atoms with Crippen LogP contribution in [-0.2, 0) is 0 Å². The van der Waals surface area contributed by atoms with Crippen LogP contribution in [0.3, 0.4) is 0 Å². The molecule has 0 bridgehead atoms. The van der Waals surface area contributed by atoms with E-state index in [4.69, 9.17) is 0 Å². The van der Waals surface area contributed by atoms with Gasteiger partial charge in [-0.05, 0) is 49.6 Å². The lowest BCUT2D eigenvalue weighted by Gasteiger charge is -2.34. The second kappa shape index (κ2) is 6.62. The number of halogens is 1. The Morgan fingerprint density at radius 2 is 2.00 bits per heavy atom. The number of carbonyl (C=O) groups is 1. The average Bonchev–Trinajstić information content (AvgIpc) is 2.51. The first-order valence-electron chi connectivity index (χ1n) is 7.64. The topological polar surface area (TPSA) is 33.2 Å². The van der Waals surface area contributed by atoms with Gasteiger partial charge in [0.25, 0.3) is 5.91 Å². The van der Waals surface area contributed by atoms with Crippen molar-refractivity contribution in [3.63, 3.8) is 0 Å². The Kier molecular flexibility index (Phi) is 4.38. The number of amides is 1. The second-order valence-corrected chi connectivity index (χ2v) is 5.69. The maximum Gasteiger partial charge on any atom is 0.272 e. The Morgan fingerprint density at radius 3 is 2.61 bits per heavy atom. The van der Waals surface area contributed by atoms with E-state index in [-0.39, 0.29) is 11.7 Å². The smallest absolute Gasteiger partial charge is 0.272 e. The SMILES string of the molecule is CN(C(=O)c1ccc(C#Cc2cccc(F)c2)cn1)C1CCC1. The van der Waals surface area contributed by atoms with Crippen LogP contribution in [0.25, 0.3) is 0 Å². The van der Waals surface area contributed by atoms with Gasteiger partial charge in [0.15, 0.2) is 0 Å². The zero-order chi connectivity index (χ0) is 16.2. The highest BCUT2D eigenvalue weighted by atomic mass is 19.1. The highest BCUT2D eigenvalue weighted by molar-refractivity contribution is 5.92. The lowest BCUT2D eigenvalue weighted by Crippen LogP contribution is -2.41. The fourth-order valence-corrected chi connectivity index (χ4v) is 2.43. The molecule has 1 aromatic heterocycles. The van der Waals surface area contributed by atoms with Gasteiger partial charge in [-0.25, -0.2) is 9.37 Å². The van der Waals surface area contributed by atoms with E-state index in [1.54, 1.807) is 35.4 Å². The van der Waals surface area contributed by atoms with Gasteiger partial charge < -0.3 is 4.90 Å². The number of rotatable bonds is 2. The van der Waals surface area contributed by atoms with E-state index in [1.807, 2.05) is 7.05 Å². The van der Waals surface area contributed by atoms with Gasteiger partial charge in [0.2, 0.25) is 0 Å². The number of carbonyl (C=O) groups excluding carboxylic acids is 1. The Labute approximate surface area is 135 Å². The largest absolute Gasteiger partial charge is 0.337 e. The number of nitrogens with zero attached hydrogens (tertiary/aromatic N) is 2. The summed E-state index contributed by atoms with van der Waals surface area (Å²) >= 11 is 0. The van der Waals surface area contributed by atoms with E-state index < -0.39 is 0 Å². The zero-order valence-corrected chi connectivity index (χ0v) is 12.9. The van der Waals surface area contributed by atoms with E-state index in [1.165, 1.54) is 18.6 Å². The predicted molar refractivity (Wildman–Crippen MR) is 86.3 cm³/mol. The van der Waals surface area contributed by atoms with E-state index in [9.17, 15) is 9.18 Å². The molecule has 0 radical (unpaired) electrons. The summed E-state index contributed by atoms with van der Waals surface area (Å²) < 4.78 is 13.1. The second-order valence-electron chi connectivity index (χ2n) is 5.69. The van der Waals surface area contributed by atoms with E-state index >= 15 is 0 Å². The van der Waals surface area contributed by atoms with Crippen molar-refractivity contribution < 1.29 is 9.18 Å². The lowest BCUT2D eigenvalue weighted by atomic mass is 9.92. The van der Waals surface area contributed by atoms with Gasteiger partial charge >= 0.3 is 0 Å². The maximum absolute atomic E-state index is 13.1. The van der Waals surface area contributed by atoms with Crippen LogP contribution in [0.2, 0.25) is 0 Å².